The number of alkyl halides is 2. The Balaban J connectivity index is 0.00000361. The van der Waals surface area contributed by atoms with Gasteiger partial charge in [-0.05, 0) is 24.6 Å². The van der Waals surface area contributed by atoms with Gasteiger partial charge >= 0.3 is 11.9 Å². The van der Waals surface area contributed by atoms with E-state index in [-0.39, 0.29) is 36.1 Å². The second kappa shape index (κ2) is 7.25. The Bertz CT molecular complexity index is 471. The predicted octanol–water partition coefficient (Wildman–Crippen LogP) is 2.02. The lowest BCUT2D eigenvalue weighted by Crippen LogP contribution is -2.41. The summed E-state index contributed by atoms with van der Waals surface area (Å²) in [7, 11) is 1.27. The third kappa shape index (κ3) is 3.71. The van der Waals surface area contributed by atoms with Crippen LogP contribution in [0.25, 0.3) is 0 Å². The molecule has 0 saturated heterocycles. The van der Waals surface area contributed by atoms with Crippen molar-refractivity contribution in [3.63, 3.8) is 0 Å². The van der Waals surface area contributed by atoms with Crippen LogP contribution in [0.3, 0.4) is 0 Å². The van der Waals surface area contributed by atoms with Crippen molar-refractivity contribution >= 4 is 18.4 Å². The van der Waals surface area contributed by atoms with E-state index in [4.69, 9.17) is 10.5 Å². The van der Waals surface area contributed by atoms with E-state index in [0.29, 0.717) is 0 Å². The van der Waals surface area contributed by atoms with E-state index in [1.165, 1.54) is 20.1 Å². The number of hydrogen-bond donors (Lipinski definition) is 2. The molecule has 1 rings (SSSR count). The van der Waals surface area contributed by atoms with Crippen molar-refractivity contribution in [2.45, 2.75) is 18.9 Å². The molecule has 20 heavy (non-hydrogen) atoms. The van der Waals surface area contributed by atoms with E-state index in [9.17, 15) is 18.7 Å². The molecule has 0 saturated carbocycles. The van der Waals surface area contributed by atoms with Crippen molar-refractivity contribution in [3.05, 3.63) is 23.8 Å². The number of phenols is 1. The van der Waals surface area contributed by atoms with Crippen molar-refractivity contribution in [2.75, 3.05) is 13.7 Å². The summed E-state index contributed by atoms with van der Waals surface area (Å²) < 4.78 is 36.5. The van der Waals surface area contributed by atoms with Crippen molar-refractivity contribution in [1.29, 1.82) is 0 Å². The van der Waals surface area contributed by atoms with Gasteiger partial charge in [0.05, 0.1) is 13.7 Å². The lowest BCUT2D eigenvalue weighted by atomic mass is 10.0. The van der Waals surface area contributed by atoms with Gasteiger partial charge in [0, 0.05) is 0 Å². The number of nitrogens with two attached hydrogens (primary N) is 1. The molecule has 0 amide bonds. The average Bonchev–Trinajstić information content (AvgIpc) is 2.38. The second-order valence-electron chi connectivity index (χ2n) is 3.75. The lowest BCUT2D eigenvalue weighted by Gasteiger charge is -2.22. The highest BCUT2D eigenvalue weighted by Gasteiger charge is 2.47. The normalized spacial score (nSPS) is 12.2. The first-order chi connectivity index (χ1) is 8.84. The summed E-state index contributed by atoms with van der Waals surface area (Å²) in [6.45, 7) is 1.25. The van der Waals surface area contributed by atoms with Crippen LogP contribution >= 0.6 is 12.4 Å². The molecule has 0 heterocycles. The number of carbonyl (C=O) groups excluding carboxylic acids is 1. The molecule has 0 aliphatic heterocycles. The number of methoxy groups -OCH3 is 1. The van der Waals surface area contributed by atoms with Gasteiger partial charge in [-0.1, -0.05) is 6.07 Å². The Hall–Kier alpha value is -1.60. The van der Waals surface area contributed by atoms with Crippen LogP contribution in [0, 0.1) is 0 Å². The molecule has 0 aliphatic rings. The van der Waals surface area contributed by atoms with Gasteiger partial charge in [0.1, 0.15) is 6.04 Å². The quantitative estimate of drug-likeness (QED) is 0.813. The molecule has 0 radical (unpaired) electrons. The maximum Gasteiger partial charge on any atom is 0.379 e. The fourth-order valence-corrected chi connectivity index (χ4v) is 1.45. The third-order valence-electron chi connectivity index (χ3n) is 2.50. The number of rotatable bonds is 5. The maximum atomic E-state index is 13.7. The fourth-order valence-electron chi connectivity index (χ4n) is 1.45. The van der Waals surface area contributed by atoms with Gasteiger partial charge in [-0.25, -0.2) is 4.79 Å². The molecule has 0 unspecified atom stereocenters. The van der Waals surface area contributed by atoms with Gasteiger partial charge in [-0.15, -0.1) is 12.4 Å². The molecule has 1 aromatic rings. The molecule has 114 valence electrons. The van der Waals surface area contributed by atoms with Gasteiger partial charge in [0.2, 0.25) is 0 Å². The molecule has 1 aromatic carbocycles. The molecule has 0 spiro atoms. The Morgan fingerprint density at radius 2 is 2.10 bits per heavy atom. The minimum absolute atomic E-state index is 0. The molecule has 0 bridgehead atoms. The first kappa shape index (κ1) is 18.4. The largest absolute Gasteiger partial charge is 0.504 e. The average molecular weight is 312 g/mol. The SMILES string of the molecule is CCOC(=O)C(F)(F)[C@H](N)c1ccc(O)c(OC)c1.Cl. The van der Waals surface area contributed by atoms with Gasteiger partial charge in [-0.2, -0.15) is 8.78 Å². The summed E-state index contributed by atoms with van der Waals surface area (Å²) in [5.74, 6) is -5.77. The van der Waals surface area contributed by atoms with Gasteiger partial charge in [-0.3, -0.25) is 0 Å². The summed E-state index contributed by atoms with van der Waals surface area (Å²) in [5.41, 5.74) is 5.34. The molecule has 1 atom stereocenters. The van der Waals surface area contributed by atoms with Gasteiger partial charge < -0.3 is 20.3 Å². The van der Waals surface area contributed by atoms with Crippen LogP contribution in [0.1, 0.15) is 18.5 Å². The van der Waals surface area contributed by atoms with Crippen molar-refractivity contribution in [1.82, 2.24) is 0 Å². The van der Waals surface area contributed by atoms with Crippen molar-refractivity contribution < 1.29 is 28.2 Å². The molecular formula is C12H16ClF2NO4. The summed E-state index contributed by atoms with van der Waals surface area (Å²) in [4.78, 5) is 11.2. The summed E-state index contributed by atoms with van der Waals surface area (Å²) in [6, 6.07) is 1.61. The number of aromatic hydroxyl groups is 1. The zero-order valence-corrected chi connectivity index (χ0v) is 11.7. The summed E-state index contributed by atoms with van der Waals surface area (Å²) in [5, 5.41) is 9.37. The molecule has 0 fully saturated rings. The summed E-state index contributed by atoms with van der Waals surface area (Å²) in [6.07, 6.45) is 0. The van der Waals surface area contributed by atoms with E-state index in [1.807, 2.05) is 0 Å². The van der Waals surface area contributed by atoms with E-state index < -0.39 is 17.9 Å². The number of hydrogen-bond acceptors (Lipinski definition) is 5. The van der Waals surface area contributed by atoms with Crippen LogP contribution in [0.15, 0.2) is 18.2 Å². The Morgan fingerprint density at radius 3 is 2.60 bits per heavy atom. The highest BCUT2D eigenvalue weighted by molar-refractivity contribution is 5.85. The number of benzene rings is 1. The van der Waals surface area contributed by atoms with Gasteiger partial charge in [0.15, 0.2) is 11.5 Å². The predicted molar refractivity (Wildman–Crippen MR) is 70.4 cm³/mol. The van der Waals surface area contributed by atoms with Crippen molar-refractivity contribution in [3.8, 4) is 11.5 Å². The minimum atomic E-state index is -3.86. The molecule has 5 nitrogen and oxygen atoms in total. The highest BCUT2D eigenvalue weighted by Crippen LogP contribution is 2.35. The Kier molecular flexibility index (Phi) is 6.67. The first-order valence-electron chi connectivity index (χ1n) is 5.52. The molecule has 8 heteroatoms. The van der Waals surface area contributed by atoms with Crippen LogP contribution in [-0.4, -0.2) is 30.7 Å². The second-order valence-corrected chi connectivity index (χ2v) is 3.75. The fraction of sp³-hybridized carbons (Fsp3) is 0.417. The monoisotopic (exact) mass is 311 g/mol. The van der Waals surface area contributed by atoms with Crippen molar-refractivity contribution in [2.24, 2.45) is 5.73 Å². The van der Waals surface area contributed by atoms with E-state index in [0.717, 1.165) is 12.1 Å². The smallest absolute Gasteiger partial charge is 0.379 e. The number of ether oxygens (including phenoxy) is 2. The van der Waals surface area contributed by atoms with Crippen LogP contribution in [0.4, 0.5) is 8.78 Å². The summed E-state index contributed by atoms with van der Waals surface area (Å²) >= 11 is 0. The van der Waals surface area contributed by atoms with Crippen LogP contribution < -0.4 is 10.5 Å². The molecular weight excluding hydrogens is 296 g/mol. The number of halogens is 3. The standard InChI is InChI=1S/C12H15F2NO4.ClH/c1-3-19-11(17)12(13,14)10(15)7-4-5-8(16)9(6-7)18-2;/h4-6,10,16H,3,15H2,1-2H3;1H/t10-;/m1./s1. The van der Waals surface area contributed by atoms with E-state index >= 15 is 0 Å². The number of phenolic OH excluding ortho intramolecular Hbond substituents is 1. The van der Waals surface area contributed by atoms with Crippen LogP contribution in [0.5, 0.6) is 11.5 Å². The topological polar surface area (TPSA) is 81.8 Å². The minimum Gasteiger partial charge on any atom is -0.504 e. The van der Waals surface area contributed by atoms with E-state index in [2.05, 4.69) is 4.74 Å². The number of carbonyl (C=O) groups is 1. The Labute approximate surface area is 121 Å². The molecule has 3 N–H and O–H groups in total. The highest BCUT2D eigenvalue weighted by atomic mass is 35.5. The number of esters is 1. The van der Waals surface area contributed by atoms with E-state index in [1.54, 1.807) is 0 Å². The first-order valence-corrected chi connectivity index (χ1v) is 5.52. The lowest BCUT2D eigenvalue weighted by molar-refractivity contribution is -0.174. The van der Waals surface area contributed by atoms with Gasteiger partial charge in [0.25, 0.3) is 0 Å². The maximum absolute atomic E-state index is 13.7. The third-order valence-corrected chi connectivity index (χ3v) is 2.50. The molecule has 0 aromatic heterocycles. The Morgan fingerprint density at radius 1 is 1.50 bits per heavy atom. The zero-order valence-electron chi connectivity index (χ0n) is 10.9. The van der Waals surface area contributed by atoms with Crippen LogP contribution in [0.2, 0.25) is 0 Å². The molecule has 0 aliphatic carbocycles. The zero-order chi connectivity index (χ0) is 14.6. The van der Waals surface area contributed by atoms with Crippen LogP contribution in [-0.2, 0) is 9.53 Å².